The predicted octanol–water partition coefficient (Wildman–Crippen LogP) is 1.77. The molecule has 5 heteroatoms. The van der Waals surface area contributed by atoms with Crippen LogP contribution in [-0.4, -0.2) is 16.1 Å². The number of carboxylic acids is 1. The molecule has 0 spiro atoms. The lowest BCUT2D eigenvalue weighted by Crippen LogP contribution is -2.09. The number of nitrogens with one attached hydrogen (secondary N) is 1. The number of aliphatic carboxylic acids is 1. The summed E-state index contributed by atoms with van der Waals surface area (Å²) >= 11 is 0. The van der Waals surface area contributed by atoms with Gasteiger partial charge in [0.05, 0.1) is 0 Å². The molecule has 2 N–H and O–H groups in total. The van der Waals surface area contributed by atoms with Gasteiger partial charge in [-0.05, 0) is 18.6 Å². The number of carboxylic acid groups (broad SMARTS) is 1. The Labute approximate surface area is 93.0 Å². The zero-order chi connectivity index (χ0) is 12.0. The van der Waals surface area contributed by atoms with Gasteiger partial charge in [-0.25, -0.2) is 9.78 Å². The number of hydrogen-bond donors (Lipinski definition) is 2. The van der Waals surface area contributed by atoms with Gasteiger partial charge < -0.3 is 10.4 Å². The van der Waals surface area contributed by atoms with Crippen LogP contribution in [0.4, 0.5) is 5.82 Å². The zero-order valence-electron chi connectivity index (χ0n) is 8.77. The number of rotatable bonds is 4. The monoisotopic (exact) mass is 217 g/mol. The van der Waals surface area contributed by atoms with E-state index in [-0.39, 0.29) is 5.57 Å². The Morgan fingerprint density at radius 3 is 2.81 bits per heavy atom. The third kappa shape index (κ3) is 2.82. The molecule has 1 aromatic rings. The molecule has 1 rings (SSSR count). The molecule has 0 aliphatic heterocycles. The first-order valence-corrected chi connectivity index (χ1v) is 4.73. The molecule has 0 radical (unpaired) electrons. The van der Waals surface area contributed by atoms with E-state index in [1.807, 2.05) is 0 Å². The van der Waals surface area contributed by atoms with Crippen molar-refractivity contribution in [1.29, 1.82) is 5.26 Å². The van der Waals surface area contributed by atoms with E-state index >= 15 is 0 Å². The third-order valence-electron chi connectivity index (χ3n) is 1.92. The molecular weight excluding hydrogens is 206 g/mol. The average molecular weight is 217 g/mol. The van der Waals surface area contributed by atoms with Crippen LogP contribution in [0.3, 0.4) is 0 Å². The maximum absolute atomic E-state index is 10.8. The van der Waals surface area contributed by atoms with Crippen molar-refractivity contribution in [3.05, 3.63) is 35.7 Å². The maximum Gasteiger partial charge on any atom is 0.348 e. The van der Waals surface area contributed by atoms with Gasteiger partial charge in [-0.3, -0.25) is 0 Å². The van der Waals surface area contributed by atoms with Crippen LogP contribution in [0, 0.1) is 11.3 Å². The summed E-state index contributed by atoms with van der Waals surface area (Å²) in [5.74, 6) is -0.712. The van der Waals surface area contributed by atoms with Gasteiger partial charge in [-0.15, -0.1) is 0 Å². The van der Waals surface area contributed by atoms with Crippen molar-refractivity contribution in [1.82, 2.24) is 4.98 Å². The van der Waals surface area contributed by atoms with Crippen molar-refractivity contribution in [3.63, 3.8) is 0 Å². The Morgan fingerprint density at radius 2 is 2.38 bits per heavy atom. The first-order chi connectivity index (χ1) is 7.69. The van der Waals surface area contributed by atoms with Crippen molar-refractivity contribution in [2.75, 3.05) is 5.32 Å². The van der Waals surface area contributed by atoms with Crippen LogP contribution in [0.15, 0.2) is 35.7 Å². The second-order valence-corrected chi connectivity index (χ2v) is 2.96. The van der Waals surface area contributed by atoms with Gasteiger partial charge in [-0.2, -0.15) is 5.26 Å². The molecule has 0 saturated heterocycles. The molecule has 0 aromatic carbocycles. The number of nitrogens with zero attached hydrogens (tertiary/aromatic N) is 2. The van der Waals surface area contributed by atoms with E-state index in [1.54, 1.807) is 37.4 Å². The fourth-order valence-corrected chi connectivity index (χ4v) is 1.16. The smallest absolute Gasteiger partial charge is 0.348 e. The normalized spacial score (nSPS) is 11.2. The number of nitriles is 1. The molecule has 16 heavy (non-hydrogen) atoms. The van der Waals surface area contributed by atoms with Gasteiger partial charge in [0, 0.05) is 11.9 Å². The van der Waals surface area contributed by atoms with Crippen molar-refractivity contribution < 1.29 is 9.90 Å². The molecule has 0 aliphatic carbocycles. The second-order valence-electron chi connectivity index (χ2n) is 2.96. The minimum absolute atomic E-state index is 0.284. The van der Waals surface area contributed by atoms with E-state index in [0.717, 1.165) is 0 Å². The highest BCUT2D eigenvalue weighted by Gasteiger charge is 2.12. The molecule has 0 unspecified atom stereocenters. The van der Waals surface area contributed by atoms with E-state index in [4.69, 9.17) is 10.4 Å². The summed E-state index contributed by atoms with van der Waals surface area (Å²) in [5.41, 5.74) is 0.0712. The first-order valence-electron chi connectivity index (χ1n) is 4.73. The summed E-state index contributed by atoms with van der Waals surface area (Å²) < 4.78 is 0. The van der Waals surface area contributed by atoms with Gasteiger partial charge in [0.1, 0.15) is 11.9 Å². The number of pyridine rings is 1. The minimum Gasteiger partial charge on any atom is -0.477 e. The van der Waals surface area contributed by atoms with Gasteiger partial charge in [0.2, 0.25) is 0 Å². The topological polar surface area (TPSA) is 86.0 Å². The van der Waals surface area contributed by atoms with E-state index < -0.39 is 5.97 Å². The summed E-state index contributed by atoms with van der Waals surface area (Å²) in [6.45, 7) is 1.77. The molecule has 0 amide bonds. The van der Waals surface area contributed by atoms with Crippen molar-refractivity contribution in [2.45, 2.75) is 13.3 Å². The number of carbonyl (C=O) groups is 1. The van der Waals surface area contributed by atoms with Crippen LogP contribution in [0.25, 0.3) is 0 Å². The van der Waals surface area contributed by atoms with E-state index in [1.165, 1.54) is 0 Å². The van der Waals surface area contributed by atoms with E-state index in [9.17, 15) is 4.79 Å². The lowest BCUT2D eigenvalue weighted by Gasteiger charge is -2.08. The fraction of sp³-hybridized carbons (Fsp3) is 0.182. The minimum atomic E-state index is -1.23. The van der Waals surface area contributed by atoms with E-state index in [0.29, 0.717) is 17.9 Å². The highest BCUT2D eigenvalue weighted by Crippen LogP contribution is 2.12. The molecular formula is C11H11N3O2. The van der Waals surface area contributed by atoms with Crippen LogP contribution in [-0.2, 0) is 4.79 Å². The summed E-state index contributed by atoms with van der Waals surface area (Å²) in [4.78, 5) is 14.8. The number of hydrogen-bond acceptors (Lipinski definition) is 4. The third-order valence-corrected chi connectivity index (χ3v) is 1.92. The number of aromatic nitrogens is 1. The molecule has 1 heterocycles. The molecule has 0 atom stereocenters. The SMILES string of the molecule is CCC(Nc1ccccn1)=C(C#N)C(=O)O. The lowest BCUT2D eigenvalue weighted by atomic mass is 10.2. The van der Waals surface area contributed by atoms with Crippen molar-refractivity contribution >= 4 is 11.8 Å². The molecule has 1 aromatic heterocycles. The van der Waals surface area contributed by atoms with Gasteiger partial charge in [0.15, 0.2) is 5.57 Å². The zero-order valence-corrected chi connectivity index (χ0v) is 8.77. The largest absolute Gasteiger partial charge is 0.477 e. The summed E-state index contributed by atoms with van der Waals surface area (Å²) in [6, 6.07) is 6.89. The number of allylic oxidation sites excluding steroid dienone is 1. The van der Waals surface area contributed by atoms with Crippen LogP contribution in [0.5, 0.6) is 0 Å². The average Bonchev–Trinajstić information content (AvgIpc) is 2.29. The quantitative estimate of drug-likeness (QED) is 0.592. The van der Waals surface area contributed by atoms with Gasteiger partial charge >= 0.3 is 5.97 Å². The molecule has 0 bridgehead atoms. The van der Waals surface area contributed by atoms with Gasteiger partial charge in [0.25, 0.3) is 0 Å². The van der Waals surface area contributed by atoms with Crippen LogP contribution in [0.1, 0.15) is 13.3 Å². The molecule has 0 fully saturated rings. The molecule has 0 saturated carbocycles. The second kappa shape index (κ2) is 5.51. The van der Waals surface area contributed by atoms with Crippen molar-refractivity contribution in [2.24, 2.45) is 0 Å². The Bertz CT molecular complexity index is 446. The molecule has 5 nitrogen and oxygen atoms in total. The lowest BCUT2D eigenvalue weighted by molar-refractivity contribution is -0.132. The fourth-order valence-electron chi connectivity index (χ4n) is 1.16. The van der Waals surface area contributed by atoms with Gasteiger partial charge in [-0.1, -0.05) is 13.0 Å². The Hall–Kier alpha value is -2.35. The highest BCUT2D eigenvalue weighted by atomic mass is 16.4. The van der Waals surface area contributed by atoms with Crippen LogP contribution in [0.2, 0.25) is 0 Å². The predicted molar refractivity (Wildman–Crippen MR) is 58.4 cm³/mol. The first kappa shape index (κ1) is 11.7. The Kier molecular flexibility index (Phi) is 4.04. The van der Waals surface area contributed by atoms with E-state index in [2.05, 4.69) is 10.3 Å². The number of anilines is 1. The highest BCUT2D eigenvalue weighted by molar-refractivity contribution is 5.92. The summed E-state index contributed by atoms with van der Waals surface area (Å²) in [5, 5.41) is 20.4. The van der Waals surface area contributed by atoms with Crippen LogP contribution >= 0.6 is 0 Å². The standard InChI is InChI=1S/C11H11N3O2/c1-2-9(8(7-12)11(15)16)14-10-5-3-4-6-13-10/h3-6H,2H2,1H3,(H,13,14)(H,15,16). The van der Waals surface area contributed by atoms with Crippen LogP contribution < -0.4 is 5.32 Å². The molecule has 0 aliphatic rings. The summed E-state index contributed by atoms with van der Waals surface area (Å²) in [6.07, 6.45) is 2.01. The summed E-state index contributed by atoms with van der Waals surface area (Å²) in [7, 11) is 0. The molecule has 82 valence electrons. The Balaban J connectivity index is 3.01. The van der Waals surface area contributed by atoms with Crippen molar-refractivity contribution in [3.8, 4) is 6.07 Å². The Morgan fingerprint density at radius 1 is 1.62 bits per heavy atom. The maximum atomic E-state index is 10.8.